The second-order valence-corrected chi connectivity index (χ2v) is 7.42. The zero-order chi connectivity index (χ0) is 17.2. The number of carbonyl (C=O) groups is 1. The first-order valence-electron chi connectivity index (χ1n) is 7.58. The van der Waals surface area contributed by atoms with Crippen LogP contribution in [0.25, 0.3) is 5.76 Å². The van der Waals surface area contributed by atoms with E-state index in [9.17, 15) is 9.90 Å². The highest BCUT2D eigenvalue weighted by atomic mass is 79.9. The van der Waals surface area contributed by atoms with Crippen LogP contribution in [0.5, 0.6) is 0 Å². The number of aliphatic hydroxyl groups excluding tert-OH is 1. The number of rotatable bonds is 2. The van der Waals surface area contributed by atoms with Crippen LogP contribution < -0.4 is 4.90 Å². The molecule has 0 bridgehead atoms. The van der Waals surface area contributed by atoms with Gasteiger partial charge in [0.1, 0.15) is 11.4 Å². The van der Waals surface area contributed by atoms with Gasteiger partial charge in [0.15, 0.2) is 0 Å². The standard InChI is InChI=1S/C17H23BrN2O3/c1-12(21)14-6-5-13(11-15(14)18)19-7-9-20(10-8-19)16(22)23-17(2,3)4/h5-6,11,21H,1,7-10H2,2-4H3. The summed E-state index contributed by atoms with van der Waals surface area (Å²) in [7, 11) is 0. The van der Waals surface area contributed by atoms with Crippen LogP contribution in [0.15, 0.2) is 29.3 Å². The minimum absolute atomic E-state index is 0.0400. The molecule has 1 heterocycles. The zero-order valence-electron chi connectivity index (χ0n) is 13.8. The minimum atomic E-state index is -0.471. The summed E-state index contributed by atoms with van der Waals surface area (Å²) in [5.74, 6) is 0.0400. The molecule has 1 saturated heterocycles. The Morgan fingerprint density at radius 3 is 2.35 bits per heavy atom. The Morgan fingerprint density at radius 1 is 1.26 bits per heavy atom. The van der Waals surface area contributed by atoms with Crippen molar-refractivity contribution in [1.29, 1.82) is 0 Å². The van der Waals surface area contributed by atoms with E-state index in [-0.39, 0.29) is 11.9 Å². The quantitative estimate of drug-likeness (QED) is 0.784. The van der Waals surface area contributed by atoms with E-state index >= 15 is 0 Å². The number of ether oxygens (including phenoxy) is 1. The summed E-state index contributed by atoms with van der Waals surface area (Å²) in [4.78, 5) is 16.0. The number of nitrogens with zero attached hydrogens (tertiary/aromatic N) is 2. The predicted octanol–water partition coefficient (Wildman–Crippen LogP) is 4.03. The number of halogens is 1. The highest BCUT2D eigenvalue weighted by Gasteiger charge is 2.26. The molecule has 5 nitrogen and oxygen atoms in total. The second kappa shape index (κ2) is 6.83. The van der Waals surface area contributed by atoms with Gasteiger partial charge in [0.2, 0.25) is 0 Å². The van der Waals surface area contributed by atoms with E-state index in [1.54, 1.807) is 4.90 Å². The number of anilines is 1. The van der Waals surface area contributed by atoms with Crippen LogP contribution in [0.4, 0.5) is 10.5 Å². The van der Waals surface area contributed by atoms with Crippen molar-refractivity contribution in [2.45, 2.75) is 26.4 Å². The van der Waals surface area contributed by atoms with Crippen LogP contribution in [0, 0.1) is 0 Å². The lowest BCUT2D eigenvalue weighted by Crippen LogP contribution is -2.50. The van der Waals surface area contributed by atoms with Crippen molar-refractivity contribution >= 4 is 33.5 Å². The largest absolute Gasteiger partial charge is 0.508 e. The van der Waals surface area contributed by atoms with Crippen molar-refractivity contribution in [3.63, 3.8) is 0 Å². The first-order chi connectivity index (χ1) is 10.7. The van der Waals surface area contributed by atoms with Crippen LogP contribution in [0.3, 0.4) is 0 Å². The number of benzene rings is 1. The molecule has 1 aliphatic heterocycles. The summed E-state index contributed by atoms with van der Waals surface area (Å²) in [5, 5.41) is 9.50. The second-order valence-electron chi connectivity index (χ2n) is 6.57. The lowest BCUT2D eigenvalue weighted by Gasteiger charge is -2.36. The van der Waals surface area contributed by atoms with Gasteiger partial charge in [0.05, 0.1) is 0 Å². The van der Waals surface area contributed by atoms with E-state index in [1.165, 1.54) is 0 Å². The highest BCUT2D eigenvalue weighted by molar-refractivity contribution is 9.10. The Kier molecular flexibility index (Phi) is 5.24. The van der Waals surface area contributed by atoms with Crippen molar-refractivity contribution in [1.82, 2.24) is 4.90 Å². The number of hydrogen-bond donors (Lipinski definition) is 1. The molecular formula is C17H23BrN2O3. The Bertz CT molecular complexity index is 602. The summed E-state index contributed by atoms with van der Waals surface area (Å²) < 4.78 is 6.21. The highest BCUT2D eigenvalue weighted by Crippen LogP contribution is 2.28. The first-order valence-corrected chi connectivity index (χ1v) is 8.37. The van der Waals surface area contributed by atoms with Gasteiger partial charge >= 0.3 is 6.09 Å². The van der Waals surface area contributed by atoms with Gasteiger partial charge in [0.25, 0.3) is 0 Å². The molecule has 1 aromatic rings. The maximum Gasteiger partial charge on any atom is 0.410 e. The third kappa shape index (κ3) is 4.64. The summed E-state index contributed by atoms with van der Waals surface area (Å²) in [5.41, 5.74) is 1.26. The molecule has 0 saturated carbocycles. The molecule has 1 fully saturated rings. The number of aliphatic hydroxyl groups is 1. The SMILES string of the molecule is C=C(O)c1ccc(N2CCN(C(=O)OC(C)(C)C)CC2)cc1Br. The molecule has 1 aromatic carbocycles. The normalized spacial score (nSPS) is 15.5. The molecule has 0 unspecified atom stereocenters. The van der Waals surface area contributed by atoms with Gasteiger partial charge in [-0.05, 0) is 54.9 Å². The van der Waals surface area contributed by atoms with Crippen LogP contribution >= 0.6 is 15.9 Å². The molecule has 0 aliphatic carbocycles. The molecule has 1 N–H and O–H groups in total. The van der Waals surface area contributed by atoms with E-state index in [0.717, 1.165) is 23.2 Å². The van der Waals surface area contributed by atoms with Crippen molar-refractivity contribution in [2.24, 2.45) is 0 Å². The lowest BCUT2D eigenvalue weighted by molar-refractivity contribution is 0.0240. The first kappa shape index (κ1) is 17.7. The van der Waals surface area contributed by atoms with Crippen molar-refractivity contribution < 1.29 is 14.6 Å². The number of piperazine rings is 1. The molecule has 0 aromatic heterocycles. The Labute approximate surface area is 145 Å². The summed E-state index contributed by atoms with van der Waals surface area (Å²) in [6.45, 7) is 11.9. The molecule has 0 atom stereocenters. The topological polar surface area (TPSA) is 53.0 Å². The molecule has 0 radical (unpaired) electrons. The van der Waals surface area contributed by atoms with Crippen molar-refractivity contribution in [3.05, 3.63) is 34.8 Å². The van der Waals surface area contributed by atoms with Gasteiger partial charge < -0.3 is 19.6 Å². The molecular weight excluding hydrogens is 360 g/mol. The van der Waals surface area contributed by atoms with E-state index in [1.807, 2.05) is 39.0 Å². The maximum atomic E-state index is 12.1. The molecule has 2 rings (SSSR count). The third-order valence-corrected chi connectivity index (χ3v) is 4.22. The Morgan fingerprint density at radius 2 is 1.87 bits per heavy atom. The molecule has 126 valence electrons. The molecule has 0 spiro atoms. The minimum Gasteiger partial charge on any atom is -0.508 e. The van der Waals surface area contributed by atoms with Gasteiger partial charge in [-0.3, -0.25) is 0 Å². The van der Waals surface area contributed by atoms with E-state index < -0.39 is 5.60 Å². The van der Waals surface area contributed by atoms with Crippen LogP contribution in [0.1, 0.15) is 26.3 Å². The third-order valence-electron chi connectivity index (χ3n) is 3.56. The summed E-state index contributed by atoms with van der Waals surface area (Å²) in [6.07, 6.45) is -0.259. The number of carbonyl (C=O) groups excluding carboxylic acids is 1. The summed E-state index contributed by atoms with van der Waals surface area (Å²) in [6, 6.07) is 5.74. The maximum absolute atomic E-state index is 12.1. The fourth-order valence-corrected chi connectivity index (χ4v) is 3.00. The smallest absolute Gasteiger partial charge is 0.410 e. The van der Waals surface area contributed by atoms with Gasteiger partial charge in [0, 0.05) is 41.9 Å². The fraction of sp³-hybridized carbons (Fsp3) is 0.471. The molecule has 6 heteroatoms. The zero-order valence-corrected chi connectivity index (χ0v) is 15.4. The Hall–Kier alpha value is -1.69. The van der Waals surface area contributed by atoms with Crippen molar-refractivity contribution in [3.8, 4) is 0 Å². The van der Waals surface area contributed by atoms with Crippen LogP contribution in [-0.4, -0.2) is 47.9 Å². The average molecular weight is 383 g/mol. The molecule has 23 heavy (non-hydrogen) atoms. The van der Waals surface area contributed by atoms with Crippen LogP contribution in [-0.2, 0) is 4.74 Å². The van der Waals surface area contributed by atoms with Crippen molar-refractivity contribution in [2.75, 3.05) is 31.1 Å². The molecule has 1 amide bonds. The van der Waals surface area contributed by atoms with Gasteiger partial charge in [-0.1, -0.05) is 6.58 Å². The van der Waals surface area contributed by atoms with E-state index in [4.69, 9.17) is 4.74 Å². The van der Waals surface area contributed by atoms with Crippen LogP contribution in [0.2, 0.25) is 0 Å². The molecule has 1 aliphatic rings. The summed E-state index contributed by atoms with van der Waals surface area (Å²) >= 11 is 3.45. The van der Waals surface area contributed by atoms with E-state index in [2.05, 4.69) is 27.4 Å². The number of hydrogen-bond acceptors (Lipinski definition) is 4. The average Bonchev–Trinajstić information content (AvgIpc) is 2.45. The Balaban J connectivity index is 1.98. The fourth-order valence-electron chi connectivity index (χ4n) is 2.41. The number of amides is 1. The van der Waals surface area contributed by atoms with Gasteiger partial charge in [-0.2, -0.15) is 0 Å². The monoisotopic (exact) mass is 382 g/mol. The van der Waals surface area contributed by atoms with Gasteiger partial charge in [-0.25, -0.2) is 4.79 Å². The van der Waals surface area contributed by atoms with E-state index in [0.29, 0.717) is 18.7 Å². The predicted molar refractivity (Wildman–Crippen MR) is 95.8 cm³/mol. The lowest BCUT2D eigenvalue weighted by atomic mass is 10.1. The van der Waals surface area contributed by atoms with Gasteiger partial charge in [-0.15, -0.1) is 0 Å².